The van der Waals surface area contributed by atoms with E-state index in [9.17, 15) is 4.79 Å². The number of ether oxygens (including phenoxy) is 1. The first-order chi connectivity index (χ1) is 10.2. The van der Waals surface area contributed by atoms with E-state index in [-0.39, 0.29) is 0 Å². The topological polar surface area (TPSA) is 49.8 Å². The highest BCUT2D eigenvalue weighted by molar-refractivity contribution is 5.67. The number of hydrogen-bond acceptors (Lipinski definition) is 3. The van der Waals surface area contributed by atoms with Gasteiger partial charge in [-0.2, -0.15) is 0 Å². The zero-order valence-corrected chi connectivity index (χ0v) is 12.5. The molecule has 0 spiro atoms. The van der Waals surface area contributed by atoms with Crippen LogP contribution >= 0.6 is 0 Å². The van der Waals surface area contributed by atoms with Crippen LogP contribution in [0.5, 0.6) is 5.75 Å². The lowest BCUT2D eigenvalue weighted by Crippen LogP contribution is -2.42. The van der Waals surface area contributed by atoms with Crippen molar-refractivity contribution in [3.8, 4) is 5.75 Å². The first-order valence-electron chi connectivity index (χ1n) is 7.76. The summed E-state index contributed by atoms with van der Waals surface area (Å²) < 4.78 is 5.29. The maximum Gasteiger partial charge on any atom is 0.303 e. The van der Waals surface area contributed by atoms with E-state index in [1.54, 1.807) is 7.11 Å². The van der Waals surface area contributed by atoms with Gasteiger partial charge in [0.25, 0.3) is 0 Å². The summed E-state index contributed by atoms with van der Waals surface area (Å²) in [4.78, 5) is 13.5. The summed E-state index contributed by atoms with van der Waals surface area (Å²) in [6.07, 6.45) is 4.83. The summed E-state index contributed by atoms with van der Waals surface area (Å²) in [6, 6.07) is 9.36. The van der Waals surface area contributed by atoms with Gasteiger partial charge in [-0.3, -0.25) is 9.69 Å². The van der Waals surface area contributed by atoms with Gasteiger partial charge < -0.3 is 9.84 Å². The van der Waals surface area contributed by atoms with Crippen LogP contribution in [0, 0.1) is 5.92 Å². The molecule has 0 aliphatic carbocycles. The minimum atomic E-state index is -0.652. The van der Waals surface area contributed by atoms with Crippen LogP contribution in [0.25, 0.3) is 0 Å². The SMILES string of the molecule is COc1cccc(CN2C3CCC2CC(CC(=O)O)C3)c1. The van der Waals surface area contributed by atoms with Crippen molar-refractivity contribution in [1.82, 2.24) is 4.90 Å². The first kappa shape index (κ1) is 14.4. The van der Waals surface area contributed by atoms with Crippen molar-refractivity contribution in [3.05, 3.63) is 29.8 Å². The Kier molecular flexibility index (Phi) is 4.15. The standard InChI is InChI=1S/C17H23NO3/c1-21-16-4-2-3-12(9-16)11-18-14-5-6-15(18)8-13(7-14)10-17(19)20/h2-4,9,13-15H,5-8,10-11H2,1H3,(H,19,20). The molecule has 21 heavy (non-hydrogen) atoms. The summed E-state index contributed by atoms with van der Waals surface area (Å²) in [6.45, 7) is 0.951. The van der Waals surface area contributed by atoms with Crippen molar-refractivity contribution < 1.29 is 14.6 Å². The molecule has 2 bridgehead atoms. The van der Waals surface area contributed by atoms with Crippen LogP contribution in [-0.2, 0) is 11.3 Å². The molecule has 4 nitrogen and oxygen atoms in total. The number of carboxylic acids is 1. The van der Waals surface area contributed by atoms with E-state index >= 15 is 0 Å². The average Bonchev–Trinajstić information content (AvgIpc) is 2.70. The maximum absolute atomic E-state index is 10.9. The number of carbonyl (C=O) groups is 1. The smallest absolute Gasteiger partial charge is 0.303 e. The minimum absolute atomic E-state index is 0.333. The Morgan fingerprint density at radius 1 is 1.33 bits per heavy atom. The zero-order valence-electron chi connectivity index (χ0n) is 12.5. The fourth-order valence-electron chi connectivity index (χ4n) is 4.04. The van der Waals surface area contributed by atoms with Crippen LogP contribution in [-0.4, -0.2) is 35.2 Å². The minimum Gasteiger partial charge on any atom is -0.497 e. The normalized spacial score (nSPS) is 28.5. The number of fused-ring (bicyclic) bond motifs is 2. The molecule has 114 valence electrons. The molecule has 2 saturated heterocycles. The molecule has 1 aromatic carbocycles. The second-order valence-corrected chi connectivity index (χ2v) is 6.34. The lowest BCUT2D eigenvalue weighted by atomic mass is 9.88. The van der Waals surface area contributed by atoms with Gasteiger partial charge in [0.05, 0.1) is 7.11 Å². The molecule has 2 heterocycles. The van der Waals surface area contributed by atoms with Gasteiger partial charge in [0.1, 0.15) is 5.75 Å². The molecule has 0 aromatic heterocycles. The monoisotopic (exact) mass is 289 g/mol. The van der Waals surface area contributed by atoms with Crippen molar-refractivity contribution in [2.24, 2.45) is 5.92 Å². The molecule has 4 heteroatoms. The number of nitrogens with zero attached hydrogens (tertiary/aromatic N) is 1. The van der Waals surface area contributed by atoms with Crippen LogP contribution in [0.1, 0.15) is 37.7 Å². The Hall–Kier alpha value is -1.55. The zero-order chi connectivity index (χ0) is 14.8. The second kappa shape index (κ2) is 6.06. The van der Waals surface area contributed by atoms with Gasteiger partial charge in [0, 0.05) is 25.0 Å². The van der Waals surface area contributed by atoms with Crippen LogP contribution in [0.15, 0.2) is 24.3 Å². The van der Waals surface area contributed by atoms with Gasteiger partial charge in [0.2, 0.25) is 0 Å². The number of aliphatic carboxylic acids is 1. The molecular weight excluding hydrogens is 266 g/mol. The lowest BCUT2D eigenvalue weighted by Gasteiger charge is -2.38. The molecule has 1 aromatic rings. The summed E-state index contributed by atoms with van der Waals surface area (Å²) >= 11 is 0. The fraction of sp³-hybridized carbons (Fsp3) is 0.588. The number of methoxy groups -OCH3 is 1. The number of rotatable bonds is 5. The van der Waals surface area contributed by atoms with Crippen LogP contribution in [0.3, 0.4) is 0 Å². The van der Waals surface area contributed by atoms with E-state index in [1.807, 2.05) is 12.1 Å². The maximum atomic E-state index is 10.9. The van der Waals surface area contributed by atoms with Gasteiger partial charge >= 0.3 is 5.97 Å². The van der Waals surface area contributed by atoms with Crippen molar-refractivity contribution >= 4 is 5.97 Å². The summed E-state index contributed by atoms with van der Waals surface area (Å²) in [7, 11) is 1.69. The van der Waals surface area contributed by atoms with E-state index in [1.165, 1.54) is 18.4 Å². The van der Waals surface area contributed by atoms with Gasteiger partial charge in [-0.25, -0.2) is 0 Å². The Bertz CT molecular complexity index is 503. The van der Waals surface area contributed by atoms with E-state index in [0.29, 0.717) is 24.4 Å². The lowest BCUT2D eigenvalue weighted by molar-refractivity contribution is -0.138. The van der Waals surface area contributed by atoms with Crippen molar-refractivity contribution in [1.29, 1.82) is 0 Å². The number of piperidine rings is 1. The molecule has 3 rings (SSSR count). The number of benzene rings is 1. The molecule has 2 aliphatic heterocycles. The van der Waals surface area contributed by atoms with E-state index in [0.717, 1.165) is 25.1 Å². The summed E-state index contributed by atoms with van der Waals surface area (Å²) in [5, 5.41) is 8.99. The Balaban J connectivity index is 1.66. The van der Waals surface area contributed by atoms with Crippen molar-refractivity contribution in [3.63, 3.8) is 0 Å². The highest BCUT2D eigenvalue weighted by Crippen LogP contribution is 2.40. The van der Waals surface area contributed by atoms with Gasteiger partial charge in [-0.05, 0) is 49.3 Å². The van der Waals surface area contributed by atoms with Crippen LogP contribution in [0.4, 0.5) is 0 Å². The molecule has 2 atom stereocenters. The van der Waals surface area contributed by atoms with E-state index < -0.39 is 5.97 Å². The summed E-state index contributed by atoms with van der Waals surface area (Å²) in [5.74, 6) is 0.614. The molecule has 0 radical (unpaired) electrons. The third kappa shape index (κ3) is 3.21. The van der Waals surface area contributed by atoms with Gasteiger partial charge in [-0.1, -0.05) is 12.1 Å². The quantitative estimate of drug-likeness (QED) is 0.905. The Morgan fingerprint density at radius 3 is 2.67 bits per heavy atom. The molecule has 2 fully saturated rings. The summed E-state index contributed by atoms with van der Waals surface area (Å²) in [5.41, 5.74) is 1.28. The highest BCUT2D eigenvalue weighted by atomic mass is 16.5. The largest absolute Gasteiger partial charge is 0.497 e. The highest BCUT2D eigenvalue weighted by Gasteiger charge is 2.40. The first-order valence-corrected chi connectivity index (χ1v) is 7.76. The number of carboxylic acid groups (broad SMARTS) is 1. The number of hydrogen-bond donors (Lipinski definition) is 1. The molecular formula is C17H23NO3. The van der Waals surface area contributed by atoms with Crippen LogP contribution in [0.2, 0.25) is 0 Å². The predicted molar refractivity (Wildman–Crippen MR) is 80.3 cm³/mol. The second-order valence-electron chi connectivity index (χ2n) is 6.34. The Morgan fingerprint density at radius 2 is 2.05 bits per heavy atom. The fourth-order valence-corrected chi connectivity index (χ4v) is 4.04. The molecule has 2 aliphatic rings. The van der Waals surface area contributed by atoms with E-state index in [4.69, 9.17) is 9.84 Å². The van der Waals surface area contributed by atoms with Gasteiger partial charge in [0.15, 0.2) is 0 Å². The third-order valence-electron chi connectivity index (χ3n) is 4.94. The molecule has 2 unspecified atom stereocenters. The van der Waals surface area contributed by atoms with Gasteiger partial charge in [-0.15, -0.1) is 0 Å². The molecule has 1 N–H and O–H groups in total. The average molecular weight is 289 g/mol. The van der Waals surface area contributed by atoms with Crippen molar-refractivity contribution in [2.45, 2.75) is 50.7 Å². The molecule has 0 amide bonds. The Labute approximate surface area is 125 Å². The van der Waals surface area contributed by atoms with E-state index in [2.05, 4.69) is 17.0 Å². The third-order valence-corrected chi connectivity index (χ3v) is 4.94. The van der Waals surface area contributed by atoms with Crippen LogP contribution < -0.4 is 4.74 Å². The predicted octanol–water partition coefficient (Wildman–Crippen LogP) is 2.91. The molecule has 0 saturated carbocycles. The van der Waals surface area contributed by atoms with Crippen molar-refractivity contribution in [2.75, 3.05) is 7.11 Å².